The van der Waals surface area contributed by atoms with Gasteiger partial charge in [0.15, 0.2) is 11.5 Å². The summed E-state index contributed by atoms with van der Waals surface area (Å²) < 4.78 is 11.6. The van der Waals surface area contributed by atoms with Gasteiger partial charge in [-0.25, -0.2) is 5.43 Å². The lowest BCUT2D eigenvalue weighted by molar-refractivity contribution is -0.136. The minimum atomic E-state index is -0.897. The summed E-state index contributed by atoms with van der Waals surface area (Å²) in [5.74, 6) is -0.900. The Hall–Kier alpha value is -3.55. The fourth-order valence-electron chi connectivity index (χ4n) is 3.15. The Morgan fingerprint density at radius 3 is 2.43 bits per heavy atom. The normalized spacial score (nSPS) is 10.7. The number of anilines is 1. The monoisotopic (exact) mass is 513 g/mol. The summed E-state index contributed by atoms with van der Waals surface area (Å²) in [4.78, 5) is 24.4. The van der Waals surface area contributed by atoms with E-state index in [0.717, 1.165) is 17.5 Å². The van der Waals surface area contributed by atoms with Gasteiger partial charge in [-0.1, -0.05) is 60.5 Å². The number of halogens is 2. The number of aryl methyl sites for hydroxylation is 1. The molecule has 182 valence electrons. The van der Waals surface area contributed by atoms with Gasteiger partial charge in [0.2, 0.25) is 0 Å². The second kappa shape index (κ2) is 12.8. The molecule has 0 radical (unpaired) electrons. The van der Waals surface area contributed by atoms with Crippen LogP contribution in [-0.4, -0.2) is 24.6 Å². The zero-order chi connectivity index (χ0) is 25.2. The lowest BCUT2D eigenvalue weighted by Gasteiger charge is -2.14. The van der Waals surface area contributed by atoms with Crippen LogP contribution in [0.2, 0.25) is 10.0 Å². The molecule has 0 spiro atoms. The molecule has 3 aromatic rings. The van der Waals surface area contributed by atoms with Crippen molar-refractivity contribution in [1.29, 1.82) is 0 Å². The van der Waals surface area contributed by atoms with Gasteiger partial charge in [0, 0.05) is 10.7 Å². The minimum absolute atomic E-state index is 0.275. The molecule has 0 heterocycles. The number of hydrogen-bond acceptors (Lipinski definition) is 5. The molecule has 0 aromatic heterocycles. The Morgan fingerprint density at radius 2 is 1.71 bits per heavy atom. The highest BCUT2D eigenvalue weighted by Crippen LogP contribution is 2.37. The first kappa shape index (κ1) is 26.1. The number of benzene rings is 3. The van der Waals surface area contributed by atoms with Crippen molar-refractivity contribution in [3.8, 4) is 11.5 Å². The van der Waals surface area contributed by atoms with E-state index in [2.05, 4.69) is 15.8 Å². The van der Waals surface area contributed by atoms with Gasteiger partial charge in [-0.15, -0.1) is 0 Å². The third-order valence-electron chi connectivity index (χ3n) is 4.86. The Morgan fingerprint density at radius 1 is 0.971 bits per heavy atom. The van der Waals surface area contributed by atoms with Crippen molar-refractivity contribution in [3.05, 3.63) is 87.4 Å². The van der Waals surface area contributed by atoms with Crippen molar-refractivity contribution in [3.63, 3.8) is 0 Å². The van der Waals surface area contributed by atoms with Crippen molar-refractivity contribution < 1.29 is 19.1 Å². The van der Waals surface area contributed by atoms with Crippen molar-refractivity contribution in [2.45, 2.75) is 26.9 Å². The Kier molecular flexibility index (Phi) is 9.52. The maximum absolute atomic E-state index is 12.2. The first-order valence-corrected chi connectivity index (χ1v) is 11.7. The van der Waals surface area contributed by atoms with Gasteiger partial charge in [0.1, 0.15) is 6.61 Å². The molecule has 2 amide bonds. The van der Waals surface area contributed by atoms with Gasteiger partial charge in [0.05, 0.1) is 17.8 Å². The van der Waals surface area contributed by atoms with E-state index in [-0.39, 0.29) is 6.61 Å². The van der Waals surface area contributed by atoms with Crippen LogP contribution in [-0.2, 0) is 22.6 Å². The van der Waals surface area contributed by atoms with E-state index >= 15 is 0 Å². The second-order valence-electron chi connectivity index (χ2n) is 7.34. The molecule has 35 heavy (non-hydrogen) atoms. The predicted octanol–water partition coefficient (Wildman–Crippen LogP) is 5.62. The molecule has 0 fully saturated rings. The van der Waals surface area contributed by atoms with Gasteiger partial charge in [0.25, 0.3) is 0 Å². The molecule has 7 nitrogen and oxygen atoms in total. The van der Waals surface area contributed by atoms with E-state index in [4.69, 9.17) is 32.7 Å². The van der Waals surface area contributed by atoms with Crippen LogP contribution in [0.4, 0.5) is 5.69 Å². The third kappa shape index (κ3) is 7.47. The summed E-state index contributed by atoms with van der Waals surface area (Å²) in [6.07, 6.45) is 2.08. The zero-order valence-corrected chi connectivity index (χ0v) is 20.8. The van der Waals surface area contributed by atoms with Crippen LogP contribution >= 0.6 is 23.2 Å². The number of carbonyl (C=O) groups is 2. The van der Waals surface area contributed by atoms with Gasteiger partial charge in [-0.3, -0.25) is 9.59 Å². The molecule has 2 N–H and O–H groups in total. The summed E-state index contributed by atoms with van der Waals surface area (Å²) in [5, 5.41) is 7.41. The molecule has 0 aliphatic heterocycles. The smallest absolute Gasteiger partial charge is 0.329 e. The first-order valence-electron chi connectivity index (χ1n) is 11.0. The molecular formula is C26H25Cl2N3O4. The standard InChI is InChI=1S/C26H25Cl2N3O4/c1-3-19-7-5-6-8-22(19)30-25(32)26(33)31-29-15-18-13-21(28)24(23(14-18)34-4-2)35-16-17-9-11-20(27)12-10-17/h5-15H,3-4,16H2,1-2H3,(H,30,32)(H,31,33)/b29-15-. The molecule has 3 rings (SSSR count). The van der Waals surface area contributed by atoms with Gasteiger partial charge < -0.3 is 14.8 Å². The van der Waals surface area contributed by atoms with Crippen LogP contribution in [0.1, 0.15) is 30.5 Å². The van der Waals surface area contributed by atoms with E-state index in [9.17, 15) is 9.59 Å². The highest BCUT2D eigenvalue weighted by atomic mass is 35.5. The van der Waals surface area contributed by atoms with Gasteiger partial charge in [-0.05, 0) is 60.4 Å². The fraction of sp³-hybridized carbons (Fsp3) is 0.192. The van der Waals surface area contributed by atoms with Crippen molar-refractivity contribution in [2.24, 2.45) is 5.10 Å². The molecular weight excluding hydrogens is 489 g/mol. The highest BCUT2D eigenvalue weighted by molar-refractivity contribution is 6.39. The molecule has 0 saturated heterocycles. The quantitative estimate of drug-likeness (QED) is 0.220. The first-order chi connectivity index (χ1) is 16.9. The molecule has 9 heteroatoms. The summed E-state index contributed by atoms with van der Waals surface area (Å²) in [7, 11) is 0. The number of carbonyl (C=O) groups excluding carboxylic acids is 2. The van der Waals surface area contributed by atoms with Crippen molar-refractivity contribution >= 4 is 46.9 Å². The number of hydrogen-bond donors (Lipinski definition) is 2. The van der Waals surface area contributed by atoms with E-state index in [0.29, 0.717) is 39.4 Å². The summed E-state index contributed by atoms with van der Waals surface area (Å²) in [5.41, 5.74) is 5.20. The van der Waals surface area contributed by atoms with Crippen LogP contribution in [0.25, 0.3) is 0 Å². The maximum atomic E-state index is 12.2. The highest BCUT2D eigenvalue weighted by Gasteiger charge is 2.15. The van der Waals surface area contributed by atoms with Gasteiger partial charge in [-0.2, -0.15) is 5.10 Å². The van der Waals surface area contributed by atoms with Gasteiger partial charge >= 0.3 is 11.8 Å². The van der Waals surface area contributed by atoms with Crippen LogP contribution < -0.4 is 20.2 Å². The molecule has 0 unspecified atom stereocenters. The average molecular weight is 514 g/mol. The number of para-hydroxylation sites is 1. The summed E-state index contributed by atoms with van der Waals surface area (Å²) >= 11 is 12.4. The Balaban J connectivity index is 1.65. The van der Waals surface area contributed by atoms with E-state index < -0.39 is 11.8 Å². The lowest BCUT2D eigenvalue weighted by Crippen LogP contribution is -2.32. The van der Waals surface area contributed by atoms with E-state index in [1.54, 1.807) is 36.4 Å². The van der Waals surface area contributed by atoms with Crippen LogP contribution in [0.5, 0.6) is 11.5 Å². The Labute approximate surface area is 214 Å². The number of amides is 2. The van der Waals surface area contributed by atoms with Crippen molar-refractivity contribution in [2.75, 3.05) is 11.9 Å². The molecule has 0 aliphatic rings. The molecule has 0 atom stereocenters. The number of hydrazone groups is 1. The molecule has 0 saturated carbocycles. The minimum Gasteiger partial charge on any atom is -0.490 e. The molecule has 3 aromatic carbocycles. The number of nitrogens with one attached hydrogen (secondary N) is 2. The maximum Gasteiger partial charge on any atom is 0.329 e. The summed E-state index contributed by atoms with van der Waals surface area (Å²) in [6.45, 7) is 4.47. The number of rotatable bonds is 9. The second-order valence-corrected chi connectivity index (χ2v) is 8.19. The number of ether oxygens (including phenoxy) is 2. The zero-order valence-electron chi connectivity index (χ0n) is 19.3. The number of nitrogens with zero attached hydrogens (tertiary/aromatic N) is 1. The van der Waals surface area contributed by atoms with Crippen molar-refractivity contribution in [1.82, 2.24) is 5.43 Å². The van der Waals surface area contributed by atoms with E-state index in [1.807, 2.05) is 38.1 Å². The lowest BCUT2D eigenvalue weighted by atomic mass is 10.1. The SMILES string of the molecule is CCOc1cc(/C=N\NC(=O)C(=O)Nc2ccccc2CC)cc(Cl)c1OCc1ccc(Cl)cc1. The van der Waals surface area contributed by atoms with Crippen LogP contribution in [0.3, 0.4) is 0 Å². The van der Waals surface area contributed by atoms with Crippen LogP contribution in [0.15, 0.2) is 65.8 Å². The topological polar surface area (TPSA) is 89.0 Å². The molecule has 0 aliphatic carbocycles. The van der Waals surface area contributed by atoms with Crippen LogP contribution in [0, 0.1) is 0 Å². The Bertz CT molecular complexity index is 1210. The average Bonchev–Trinajstić information content (AvgIpc) is 2.85. The molecule has 0 bridgehead atoms. The third-order valence-corrected chi connectivity index (χ3v) is 5.39. The van der Waals surface area contributed by atoms with E-state index in [1.165, 1.54) is 6.21 Å². The largest absolute Gasteiger partial charge is 0.490 e. The fourth-order valence-corrected chi connectivity index (χ4v) is 3.55. The summed E-state index contributed by atoms with van der Waals surface area (Å²) in [6, 6.07) is 17.9. The predicted molar refractivity (Wildman–Crippen MR) is 139 cm³/mol.